The third-order valence-corrected chi connectivity index (χ3v) is 12.5. The highest BCUT2D eigenvalue weighted by Gasteiger charge is 2.19. The summed E-state index contributed by atoms with van der Waals surface area (Å²) in [7, 11) is 0. The van der Waals surface area contributed by atoms with Crippen LogP contribution in [-0.2, 0) is 28.6 Å². The maximum Gasteiger partial charge on any atom is 0.306 e. The van der Waals surface area contributed by atoms with E-state index in [1.165, 1.54) is 212 Å². The van der Waals surface area contributed by atoms with Gasteiger partial charge in [0.15, 0.2) is 6.10 Å². The topological polar surface area (TPSA) is 78.9 Å². The highest BCUT2D eigenvalue weighted by atomic mass is 16.6. The molecule has 0 saturated heterocycles. The zero-order valence-corrected chi connectivity index (χ0v) is 41.9. The summed E-state index contributed by atoms with van der Waals surface area (Å²) in [5.74, 6) is -0.863. The van der Waals surface area contributed by atoms with E-state index < -0.39 is 6.10 Å². The van der Waals surface area contributed by atoms with E-state index in [1.54, 1.807) is 0 Å². The Morgan fingerprint density at radius 3 is 0.806 bits per heavy atom. The number of esters is 3. The fourth-order valence-corrected chi connectivity index (χ4v) is 8.32. The van der Waals surface area contributed by atoms with Crippen LogP contribution in [0, 0.1) is 0 Å². The molecule has 0 amide bonds. The first-order valence-electron chi connectivity index (χ1n) is 27.7. The predicted molar refractivity (Wildman–Crippen MR) is 266 cm³/mol. The molecule has 0 aliphatic rings. The van der Waals surface area contributed by atoms with Gasteiger partial charge in [0.25, 0.3) is 0 Å². The van der Waals surface area contributed by atoms with Crippen LogP contribution in [0.5, 0.6) is 0 Å². The van der Waals surface area contributed by atoms with Crippen LogP contribution in [0.25, 0.3) is 0 Å². The molecule has 0 saturated carbocycles. The molecule has 1 atom stereocenters. The van der Waals surface area contributed by atoms with Gasteiger partial charge < -0.3 is 14.2 Å². The summed E-state index contributed by atoms with van der Waals surface area (Å²) in [6.45, 7) is 6.59. The van der Waals surface area contributed by atoms with Crippen LogP contribution in [0.1, 0.15) is 310 Å². The zero-order chi connectivity index (χ0) is 45.1. The number of rotatable bonds is 51. The van der Waals surface area contributed by atoms with Crippen molar-refractivity contribution in [2.24, 2.45) is 0 Å². The number of allylic oxidation sites excluding steroid dienone is 2. The van der Waals surface area contributed by atoms with Crippen LogP contribution in [-0.4, -0.2) is 37.2 Å². The van der Waals surface area contributed by atoms with Crippen LogP contribution >= 0.6 is 0 Å². The van der Waals surface area contributed by atoms with Crippen LogP contribution in [0.3, 0.4) is 0 Å². The molecule has 1 unspecified atom stereocenters. The first kappa shape index (κ1) is 60.2. The third kappa shape index (κ3) is 49.2. The summed E-state index contributed by atoms with van der Waals surface area (Å²) >= 11 is 0. The Morgan fingerprint density at radius 2 is 0.532 bits per heavy atom. The smallest absolute Gasteiger partial charge is 0.306 e. The van der Waals surface area contributed by atoms with Gasteiger partial charge >= 0.3 is 17.9 Å². The monoisotopic (exact) mass is 875 g/mol. The van der Waals surface area contributed by atoms with Gasteiger partial charge in [-0.25, -0.2) is 0 Å². The standard InChI is InChI=1S/C56H106O6/c1-4-7-10-13-16-18-19-20-21-22-23-24-25-26-27-28-29-30-31-32-33-34-35-36-37-39-40-43-46-49-55(58)61-52-53(51-60-54(57)48-45-42-15-12-9-6-3)62-56(59)50-47-44-41-38-17-14-11-8-5-2/h22-23,53H,4-21,24-52H2,1-3H3/b23-22-. The summed E-state index contributed by atoms with van der Waals surface area (Å²) in [6, 6.07) is 0. The van der Waals surface area contributed by atoms with E-state index in [2.05, 4.69) is 32.9 Å². The van der Waals surface area contributed by atoms with Crippen molar-refractivity contribution in [3.05, 3.63) is 12.2 Å². The molecule has 0 bridgehead atoms. The van der Waals surface area contributed by atoms with Crippen LogP contribution in [0.2, 0.25) is 0 Å². The lowest BCUT2D eigenvalue weighted by Crippen LogP contribution is -2.30. The molecule has 6 heteroatoms. The van der Waals surface area contributed by atoms with E-state index in [0.717, 1.165) is 57.8 Å². The van der Waals surface area contributed by atoms with Crippen LogP contribution in [0.4, 0.5) is 0 Å². The third-order valence-electron chi connectivity index (χ3n) is 12.5. The lowest BCUT2D eigenvalue weighted by Gasteiger charge is -2.18. The van der Waals surface area contributed by atoms with Gasteiger partial charge in [0, 0.05) is 19.3 Å². The second kappa shape index (κ2) is 51.8. The van der Waals surface area contributed by atoms with Crippen molar-refractivity contribution in [3.8, 4) is 0 Å². The van der Waals surface area contributed by atoms with Gasteiger partial charge in [-0.05, 0) is 44.9 Å². The van der Waals surface area contributed by atoms with Crippen molar-refractivity contribution < 1.29 is 28.6 Å². The molecule has 0 radical (unpaired) electrons. The molecule has 0 N–H and O–H groups in total. The van der Waals surface area contributed by atoms with Crippen molar-refractivity contribution in [1.82, 2.24) is 0 Å². The van der Waals surface area contributed by atoms with Crippen molar-refractivity contribution in [2.45, 2.75) is 316 Å². The number of carbonyl (C=O) groups excluding carboxylic acids is 3. The van der Waals surface area contributed by atoms with E-state index in [0.29, 0.717) is 19.3 Å². The Kier molecular flexibility index (Phi) is 50.2. The van der Waals surface area contributed by atoms with Gasteiger partial charge in [-0.15, -0.1) is 0 Å². The summed E-state index contributed by atoms with van der Waals surface area (Å²) in [6.07, 6.45) is 58.3. The van der Waals surface area contributed by atoms with E-state index in [4.69, 9.17) is 14.2 Å². The quantitative estimate of drug-likeness (QED) is 0.0262. The molecule has 0 rings (SSSR count). The van der Waals surface area contributed by atoms with Crippen LogP contribution in [0.15, 0.2) is 12.2 Å². The first-order chi connectivity index (χ1) is 30.5. The molecule has 0 aromatic heterocycles. The fourth-order valence-electron chi connectivity index (χ4n) is 8.32. The van der Waals surface area contributed by atoms with E-state index in [9.17, 15) is 14.4 Å². The highest BCUT2D eigenvalue weighted by molar-refractivity contribution is 5.71. The van der Waals surface area contributed by atoms with Crippen molar-refractivity contribution in [2.75, 3.05) is 13.2 Å². The Balaban J connectivity index is 3.88. The lowest BCUT2D eigenvalue weighted by atomic mass is 10.0. The average molecular weight is 875 g/mol. The highest BCUT2D eigenvalue weighted by Crippen LogP contribution is 2.17. The van der Waals surface area contributed by atoms with E-state index >= 15 is 0 Å². The van der Waals surface area contributed by atoms with Gasteiger partial charge in [-0.3, -0.25) is 14.4 Å². The predicted octanol–water partition coefficient (Wildman–Crippen LogP) is 18.2. The van der Waals surface area contributed by atoms with Gasteiger partial charge in [0.2, 0.25) is 0 Å². The number of unbranched alkanes of at least 4 members (excludes halogenated alkanes) is 38. The Hall–Kier alpha value is -1.85. The maximum absolute atomic E-state index is 12.7. The van der Waals surface area contributed by atoms with E-state index in [-0.39, 0.29) is 31.1 Å². The van der Waals surface area contributed by atoms with Crippen LogP contribution < -0.4 is 0 Å². The summed E-state index contributed by atoms with van der Waals surface area (Å²) < 4.78 is 16.7. The Morgan fingerprint density at radius 1 is 0.306 bits per heavy atom. The minimum atomic E-state index is -0.759. The molecule has 0 fully saturated rings. The molecule has 0 aliphatic heterocycles. The minimum absolute atomic E-state index is 0.0651. The zero-order valence-electron chi connectivity index (χ0n) is 41.9. The summed E-state index contributed by atoms with van der Waals surface area (Å²) in [5, 5.41) is 0. The molecule has 0 aliphatic carbocycles. The number of hydrogen-bond donors (Lipinski definition) is 0. The molecule has 366 valence electrons. The normalized spacial score (nSPS) is 12.0. The largest absolute Gasteiger partial charge is 0.462 e. The van der Waals surface area contributed by atoms with Gasteiger partial charge in [-0.1, -0.05) is 258 Å². The molecular weight excluding hydrogens is 769 g/mol. The van der Waals surface area contributed by atoms with E-state index in [1.807, 2.05) is 0 Å². The molecule has 0 aromatic carbocycles. The Bertz CT molecular complexity index is 962. The minimum Gasteiger partial charge on any atom is -0.462 e. The van der Waals surface area contributed by atoms with Crippen molar-refractivity contribution in [3.63, 3.8) is 0 Å². The second-order valence-corrected chi connectivity index (χ2v) is 18.9. The molecular formula is C56H106O6. The SMILES string of the molecule is CCCCCCCCCC/C=C\CCCCCCCCCCCCCCCCCCCC(=O)OCC(COC(=O)CCCCCCCC)OC(=O)CCCCCCCCCCC. The molecule has 62 heavy (non-hydrogen) atoms. The van der Waals surface area contributed by atoms with Gasteiger partial charge in [0.05, 0.1) is 0 Å². The number of hydrogen-bond acceptors (Lipinski definition) is 6. The first-order valence-corrected chi connectivity index (χ1v) is 27.7. The van der Waals surface area contributed by atoms with Gasteiger partial charge in [0.1, 0.15) is 13.2 Å². The summed E-state index contributed by atoms with van der Waals surface area (Å²) in [4.78, 5) is 37.6. The fraction of sp³-hybridized carbons (Fsp3) is 0.911. The maximum atomic E-state index is 12.7. The summed E-state index contributed by atoms with van der Waals surface area (Å²) in [5.41, 5.74) is 0. The second-order valence-electron chi connectivity index (χ2n) is 18.9. The average Bonchev–Trinajstić information content (AvgIpc) is 3.27. The molecule has 0 heterocycles. The number of ether oxygens (including phenoxy) is 3. The van der Waals surface area contributed by atoms with Crippen molar-refractivity contribution in [1.29, 1.82) is 0 Å². The number of carbonyl (C=O) groups is 3. The molecule has 0 aromatic rings. The van der Waals surface area contributed by atoms with Gasteiger partial charge in [-0.2, -0.15) is 0 Å². The molecule has 0 spiro atoms. The molecule has 6 nitrogen and oxygen atoms in total. The lowest BCUT2D eigenvalue weighted by molar-refractivity contribution is -0.167. The van der Waals surface area contributed by atoms with Crippen molar-refractivity contribution >= 4 is 17.9 Å². The Labute approximate surface area is 386 Å².